The SMILES string of the molecule is CCCN(c1ccc(F)cc1C#N)C1CC2CCC(C1)N2. The van der Waals surface area contributed by atoms with E-state index in [1.54, 1.807) is 6.07 Å². The number of rotatable bonds is 4. The molecule has 2 unspecified atom stereocenters. The van der Waals surface area contributed by atoms with Crippen LogP contribution in [0.2, 0.25) is 0 Å². The van der Waals surface area contributed by atoms with Gasteiger partial charge in [-0.3, -0.25) is 0 Å². The van der Waals surface area contributed by atoms with Crippen molar-refractivity contribution in [1.82, 2.24) is 5.32 Å². The van der Waals surface area contributed by atoms with Gasteiger partial charge in [0.1, 0.15) is 11.9 Å². The summed E-state index contributed by atoms with van der Waals surface area (Å²) in [5, 5.41) is 13.0. The maximum atomic E-state index is 13.4. The summed E-state index contributed by atoms with van der Waals surface area (Å²) in [5.74, 6) is -0.336. The minimum Gasteiger partial charge on any atom is -0.367 e. The van der Waals surface area contributed by atoms with Crippen molar-refractivity contribution in [2.75, 3.05) is 11.4 Å². The first-order valence-electron chi connectivity index (χ1n) is 7.93. The molecule has 21 heavy (non-hydrogen) atoms. The maximum Gasteiger partial charge on any atom is 0.124 e. The van der Waals surface area contributed by atoms with Crippen molar-refractivity contribution >= 4 is 5.69 Å². The molecule has 1 aromatic carbocycles. The van der Waals surface area contributed by atoms with Crippen LogP contribution in [-0.2, 0) is 0 Å². The molecule has 2 atom stereocenters. The lowest BCUT2D eigenvalue weighted by Gasteiger charge is -2.39. The molecule has 112 valence electrons. The van der Waals surface area contributed by atoms with E-state index in [0.717, 1.165) is 31.5 Å². The third kappa shape index (κ3) is 2.89. The molecule has 2 aliphatic rings. The topological polar surface area (TPSA) is 39.1 Å². The molecule has 1 aromatic rings. The third-order valence-electron chi connectivity index (χ3n) is 4.74. The molecule has 2 bridgehead atoms. The Morgan fingerprint density at radius 1 is 1.33 bits per heavy atom. The van der Waals surface area contributed by atoms with Crippen LogP contribution in [0.1, 0.15) is 44.6 Å². The number of hydrogen-bond acceptors (Lipinski definition) is 3. The molecule has 1 N–H and O–H groups in total. The zero-order valence-electron chi connectivity index (χ0n) is 12.5. The van der Waals surface area contributed by atoms with Gasteiger partial charge in [-0.1, -0.05) is 6.92 Å². The molecule has 2 saturated heterocycles. The molecule has 3 rings (SSSR count). The van der Waals surface area contributed by atoms with Crippen LogP contribution in [0.15, 0.2) is 18.2 Å². The van der Waals surface area contributed by atoms with Crippen molar-refractivity contribution in [3.05, 3.63) is 29.6 Å². The summed E-state index contributed by atoms with van der Waals surface area (Å²) in [7, 11) is 0. The largest absolute Gasteiger partial charge is 0.367 e. The number of hydrogen-bond donors (Lipinski definition) is 1. The predicted octanol–water partition coefficient (Wildman–Crippen LogP) is 3.20. The number of nitrogens with zero attached hydrogens (tertiary/aromatic N) is 2. The summed E-state index contributed by atoms with van der Waals surface area (Å²) >= 11 is 0. The van der Waals surface area contributed by atoms with Gasteiger partial charge in [0.2, 0.25) is 0 Å². The molecular weight excluding hydrogens is 265 g/mol. The summed E-state index contributed by atoms with van der Waals surface area (Å²) in [6.45, 7) is 3.07. The lowest BCUT2D eigenvalue weighted by Crippen LogP contribution is -2.48. The first-order valence-corrected chi connectivity index (χ1v) is 7.93. The molecule has 0 saturated carbocycles. The van der Waals surface area contributed by atoms with Gasteiger partial charge in [-0.2, -0.15) is 5.26 Å². The fraction of sp³-hybridized carbons (Fsp3) is 0.588. The monoisotopic (exact) mass is 287 g/mol. The average Bonchev–Trinajstić information content (AvgIpc) is 2.83. The van der Waals surface area contributed by atoms with Crippen molar-refractivity contribution in [2.45, 2.75) is 57.2 Å². The summed E-state index contributed by atoms with van der Waals surface area (Å²) in [4.78, 5) is 2.34. The van der Waals surface area contributed by atoms with Crippen LogP contribution in [0.25, 0.3) is 0 Å². The Morgan fingerprint density at radius 3 is 2.67 bits per heavy atom. The molecule has 3 nitrogen and oxygen atoms in total. The van der Waals surface area contributed by atoms with E-state index < -0.39 is 0 Å². The van der Waals surface area contributed by atoms with Gasteiger partial charge in [-0.25, -0.2) is 4.39 Å². The summed E-state index contributed by atoms with van der Waals surface area (Å²) in [6.07, 6.45) is 5.80. The van der Waals surface area contributed by atoms with Gasteiger partial charge < -0.3 is 10.2 Å². The minimum atomic E-state index is -0.336. The van der Waals surface area contributed by atoms with Crippen molar-refractivity contribution < 1.29 is 4.39 Å². The van der Waals surface area contributed by atoms with E-state index in [9.17, 15) is 9.65 Å². The van der Waals surface area contributed by atoms with Gasteiger partial charge >= 0.3 is 0 Å². The highest BCUT2D eigenvalue weighted by Crippen LogP contribution is 2.33. The first kappa shape index (κ1) is 14.3. The van der Waals surface area contributed by atoms with E-state index in [4.69, 9.17) is 0 Å². The highest BCUT2D eigenvalue weighted by Gasteiger charge is 2.36. The summed E-state index contributed by atoms with van der Waals surface area (Å²) in [6, 6.07) is 8.43. The molecule has 4 heteroatoms. The lowest BCUT2D eigenvalue weighted by molar-refractivity contribution is 0.346. The molecule has 2 heterocycles. The molecular formula is C17H22FN3. The lowest BCUT2D eigenvalue weighted by atomic mass is 9.96. The van der Waals surface area contributed by atoms with E-state index in [1.165, 1.54) is 25.0 Å². The van der Waals surface area contributed by atoms with Crippen LogP contribution in [-0.4, -0.2) is 24.7 Å². The van der Waals surface area contributed by atoms with Crippen LogP contribution >= 0.6 is 0 Å². The number of benzene rings is 1. The van der Waals surface area contributed by atoms with Gasteiger partial charge in [0.15, 0.2) is 0 Å². The molecule has 0 radical (unpaired) electrons. The Kier molecular flexibility index (Phi) is 4.12. The summed E-state index contributed by atoms with van der Waals surface area (Å²) < 4.78 is 13.4. The predicted molar refractivity (Wildman–Crippen MR) is 81.7 cm³/mol. The molecule has 2 aliphatic heterocycles. The van der Waals surface area contributed by atoms with E-state index >= 15 is 0 Å². The quantitative estimate of drug-likeness (QED) is 0.924. The molecule has 0 aromatic heterocycles. The normalized spacial score (nSPS) is 27.4. The number of fused-ring (bicyclic) bond motifs is 2. The molecule has 0 aliphatic carbocycles. The fourth-order valence-electron chi connectivity index (χ4n) is 3.87. The number of halogens is 1. The van der Waals surface area contributed by atoms with E-state index in [1.807, 2.05) is 0 Å². The zero-order chi connectivity index (χ0) is 14.8. The van der Waals surface area contributed by atoms with E-state index in [-0.39, 0.29) is 5.82 Å². The van der Waals surface area contributed by atoms with Crippen LogP contribution in [0, 0.1) is 17.1 Å². The van der Waals surface area contributed by atoms with Gasteiger partial charge in [0.05, 0.1) is 11.3 Å². The second-order valence-electron chi connectivity index (χ2n) is 6.23. The van der Waals surface area contributed by atoms with Crippen molar-refractivity contribution in [2.24, 2.45) is 0 Å². The second kappa shape index (κ2) is 6.03. The Bertz CT molecular complexity index is 539. The van der Waals surface area contributed by atoms with E-state index in [2.05, 4.69) is 23.2 Å². The minimum absolute atomic E-state index is 0.336. The Labute approximate surface area is 125 Å². The van der Waals surface area contributed by atoms with Crippen LogP contribution in [0.5, 0.6) is 0 Å². The number of piperidine rings is 1. The molecule has 0 spiro atoms. The van der Waals surface area contributed by atoms with Gasteiger partial charge in [-0.05, 0) is 50.3 Å². The average molecular weight is 287 g/mol. The number of nitrogens with one attached hydrogen (secondary N) is 1. The van der Waals surface area contributed by atoms with Crippen molar-refractivity contribution in [3.63, 3.8) is 0 Å². The highest BCUT2D eigenvalue weighted by molar-refractivity contribution is 5.60. The van der Waals surface area contributed by atoms with Crippen molar-refractivity contribution in [3.8, 4) is 6.07 Å². The second-order valence-corrected chi connectivity index (χ2v) is 6.23. The maximum absolute atomic E-state index is 13.4. The summed E-state index contributed by atoms with van der Waals surface area (Å²) in [5.41, 5.74) is 1.35. The van der Waals surface area contributed by atoms with Crippen LogP contribution in [0.4, 0.5) is 10.1 Å². The van der Waals surface area contributed by atoms with E-state index in [0.29, 0.717) is 23.7 Å². The third-order valence-corrected chi connectivity index (χ3v) is 4.74. The smallest absolute Gasteiger partial charge is 0.124 e. The van der Waals surface area contributed by atoms with Gasteiger partial charge in [0, 0.05) is 24.7 Å². The number of anilines is 1. The zero-order valence-corrected chi connectivity index (χ0v) is 12.5. The Balaban J connectivity index is 1.89. The molecule has 2 fully saturated rings. The number of nitriles is 1. The van der Waals surface area contributed by atoms with Crippen molar-refractivity contribution in [1.29, 1.82) is 5.26 Å². The standard InChI is InChI=1S/C17H22FN3/c1-2-7-21(16-9-14-4-5-15(10-16)20-14)17-6-3-13(18)8-12(17)11-19/h3,6,8,14-16,20H,2,4-5,7,9-10H2,1H3. The van der Waals surface area contributed by atoms with Crippen LogP contribution in [0.3, 0.4) is 0 Å². The van der Waals surface area contributed by atoms with Crippen LogP contribution < -0.4 is 10.2 Å². The van der Waals surface area contributed by atoms with Gasteiger partial charge in [-0.15, -0.1) is 0 Å². The first-order chi connectivity index (χ1) is 10.2. The Morgan fingerprint density at radius 2 is 2.05 bits per heavy atom. The highest BCUT2D eigenvalue weighted by atomic mass is 19.1. The van der Waals surface area contributed by atoms with Gasteiger partial charge in [0.25, 0.3) is 0 Å². The Hall–Kier alpha value is -1.60. The molecule has 0 amide bonds. The fourth-order valence-corrected chi connectivity index (χ4v) is 3.87.